The number of hydrogen-bond acceptors (Lipinski definition) is 6. The summed E-state index contributed by atoms with van der Waals surface area (Å²) in [7, 11) is 0. The molecule has 5 atom stereocenters. The molecule has 1 aromatic carbocycles. The summed E-state index contributed by atoms with van der Waals surface area (Å²) in [5.41, 5.74) is 1.99. The Labute approximate surface area is 253 Å². The van der Waals surface area contributed by atoms with Crippen molar-refractivity contribution in [3.63, 3.8) is 0 Å². The Hall–Kier alpha value is -3.08. The maximum Gasteiger partial charge on any atom is 0.315 e. The first-order valence-electron chi connectivity index (χ1n) is 15.2. The molecule has 0 radical (unpaired) electrons. The minimum atomic E-state index is -0.716. The van der Waals surface area contributed by atoms with Crippen molar-refractivity contribution in [2.75, 3.05) is 12.3 Å². The van der Waals surface area contributed by atoms with Crippen LogP contribution in [0.4, 0.5) is 4.79 Å². The smallest absolute Gasteiger partial charge is 0.315 e. The lowest BCUT2D eigenvalue weighted by atomic mass is 10.0. The monoisotopic (exact) mass is 601 g/mol. The van der Waals surface area contributed by atoms with E-state index in [9.17, 15) is 24.0 Å². The summed E-state index contributed by atoms with van der Waals surface area (Å²) in [4.78, 5) is 61.0. The quantitative estimate of drug-likeness (QED) is 0.0994. The maximum atomic E-state index is 13.0. The van der Waals surface area contributed by atoms with Gasteiger partial charge in [-0.2, -0.15) is 11.8 Å². The molecule has 11 heteroatoms. The van der Waals surface area contributed by atoms with Crippen LogP contribution in [0.5, 0.6) is 0 Å². The lowest BCUT2D eigenvalue weighted by molar-refractivity contribution is -0.130. The molecule has 0 saturated carbocycles. The predicted octanol–water partition coefficient (Wildman–Crippen LogP) is 2.76. The van der Waals surface area contributed by atoms with Gasteiger partial charge in [-0.05, 0) is 56.9 Å². The number of unbranched alkanes of at least 4 members (excludes halogenated alkanes) is 2. The van der Waals surface area contributed by atoms with Crippen LogP contribution in [0.15, 0.2) is 24.3 Å². The van der Waals surface area contributed by atoms with Gasteiger partial charge >= 0.3 is 6.03 Å². The van der Waals surface area contributed by atoms with Crippen LogP contribution < -0.4 is 26.6 Å². The highest BCUT2D eigenvalue weighted by Gasteiger charge is 2.42. The van der Waals surface area contributed by atoms with Gasteiger partial charge in [0.25, 0.3) is 0 Å². The van der Waals surface area contributed by atoms with E-state index in [4.69, 9.17) is 0 Å². The number of amides is 5. The molecule has 2 saturated heterocycles. The number of aryl methyl sites for hydroxylation is 1. The predicted molar refractivity (Wildman–Crippen MR) is 165 cm³/mol. The van der Waals surface area contributed by atoms with E-state index in [-0.39, 0.29) is 48.2 Å². The Balaban J connectivity index is 1.29. The van der Waals surface area contributed by atoms with Crippen molar-refractivity contribution in [2.24, 2.45) is 5.92 Å². The van der Waals surface area contributed by atoms with Crippen LogP contribution in [-0.2, 0) is 25.6 Å². The number of rotatable bonds is 18. The second kappa shape index (κ2) is 17.1. The Kier molecular flexibility index (Phi) is 13.6. The Morgan fingerprint density at radius 3 is 2.50 bits per heavy atom. The number of fused-ring (bicyclic) bond motifs is 1. The highest BCUT2D eigenvalue weighted by molar-refractivity contribution is 8.00. The number of hydrogen-bond donors (Lipinski definition) is 5. The van der Waals surface area contributed by atoms with E-state index in [0.29, 0.717) is 43.9 Å². The van der Waals surface area contributed by atoms with Gasteiger partial charge in [-0.3, -0.25) is 14.4 Å². The van der Waals surface area contributed by atoms with Crippen LogP contribution in [0.2, 0.25) is 0 Å². The van der Waals surface area contributed by atoms with Crippen LogP contribution in [0.25, 0.3) is 0 Å². The highest BCUT2D eigenvalue weighted by atomic mass is 32.2. The molecule has 0 spiro atoms. The number of carbonyl (C=O) groups excluding carboxylic acids is 5. The second-order valence-corrected chi connectivity index (χ2v) is 13.1. The molecule has 5 N–H and O–H groups in total. The molecule has 3 rings (SSSR count). The maximum absolute atomic E-state index is 13.0. The molecule has 0 aliphatic carbocycles. The molecule has 5 amide bonds. The van der Waals surface area contributed by atoms with Crippen molar-refractivity contribution in [1.29, 1.82) is 0 Å². The second-order valence-electron chi connectivity index (χ2n) is 11.9. The largest absolute Gasteiger partial charge is 0.356 e. The fraction of sp³-hybridized carbons (Fsp3) is 0.645. The van der Waals surface area contributed by atoms with Crippen LogP contribution >= 0.6 is 11.8 Å². The van der Waals surface area contributed by atoms with Crippen LogP contribution in [0.3, 0.4) is 0 Å². The molecular weight excluding hydrogens is 554 g/mol. The highest BCUT2D eigenvalue weighted by Crippen LogP contribution is 2.33. The molecule has 0 aromatic heterocycles. The van der Waals surface area contributed by atoms with Gasteiger partial charge in [0.2, 0.25) is 17.7 Å². The van der Waals surface area contributed by atoms with Gasteiger partial charge in [0.15, 0.2) is 0 Å². The third-order valence-corrected chi connectivity index (χ3v) is 9.19. The van der Waals surface area contributed by atoms with E-state index in [1.165, 1.54) is 0 Å². The SMILES string of the molecule is Cc1ccc(CC(=O)N[C@@H](CC(C)C)C(=O)N[C@H](C=O)CCCCNC(=O)CCCC[C@@H]2SC[C@@H]3NC(=O)N[C@@H]32)cc1. The third kappa shape index (κ3) is 11.3. The average molecular weight is 602 g/mol. The molecule has 2 heterocycles. The third-order valence-electron chi connectivity index (χ3n) is 7.68. The topological polar surface area (TPSA) is 146 Å². The Morgan fingerprint density at radius 2 is 1.79 bits per heavy atom. The fourth-order valence-electron chi connectivity index (χ4n) is 5.38. The molecule has 0 bridgehead atoms. The summed E-state index contributed by atoms with van der Waals surface area (Å²) < 4.78 is 0. The zero-order chi connectivity index (χ0) is 30.5. The molecule has 1 aromatic rings. The first-order valence-corrected chi connectivity index (χ1v) is 16.3. The number of nitrogens with one attached hydrogen (secondary N) is 5. The van der Waals surface area contributed by atoms with Crippen molar-refractivity contribution in [3.8, 4) is 0 Å². The van der Waals surface area contributed by atoms with Crippen LogP contribution in [0.1, 0.15) is 76.3 Å². The molecule has 2 fully saturated rings. The number of benzene rings is 1. The Bertz CT molecular complexity index is 1070. The van der Waals surface area contributed by atoms with E-state index < -0.39 is 12.1 Å². The minimum Gasteiger partial charge on any atom is -0.356 e. The normalized spacial score (nSPS) is 20.7. The lowest BCUT2D eigenvalue weighted by Gasteiger charge is -2.22. The van der Waals surface area contributed by atoms with Gasteiger partial charge < -0.3 is 31.4 Å². The van der Waals surface area contributed by atoms with Crippen molar-refractivity contribution in [3.05, 3.63) is 35.4 Å². The van der Waals surface area contributed by atoms with Crippen LogP contribution in [0, 0.1) is 12.8 Å². The molecule has 2 aliphatic heterocycles. The van der Waals surface area contributed by atoms with Crippen molar-refractivity contribution < 1.29 is 24.0 Å². The lowest BCUT2D eigenvalue weighted by Crippen LogP contribution is -2.50. The van der Waals surface area contributed by atoms with Gasteiger partial charge in [-0.25, -0.2) is 4.79 Å². The number of urea groups is 1. The van der Waals surface area contributed by atoms with E-state index in [1.54, 1.807) is 0 Å². The first-order chi connectivity index (χ1) is 20.1. The van der Waals surface area contributed by atoms with E-state index in [0.717, 1.165) is 42.4 Å². The minimum absolute atomic E-state index is 0.0148. The Morgan fingerprint density at radius 1 is 1.02 bits per heavy atom. The first kappa shape index (κ1) is 33.4. The summed E-state index contributed by atoms with van der Waals surface area (Å²) in [5.74, 6) is 0.543. The van der Waals surface area contributed by atoms with Crippen molar-refractivity contribution >= 4 is 41.8 Å². The average Bonchev–Trinajstić information content (AvgIpc) is 3.49. The summed E-state index contributed by atoms with van der Waals surface area (Å²) >= 11 is 1.88. The summed E-state index contributed by atoms with van der Waals surface area (Å²) in [6.07, 6.45) is 6.40. The van der Waals surface area contributed by atoms with E-state index >= 15 is 0 Å². The summed E-state index contributed by atoms with van der Waals surface area (Å²) in [6, 6.07) is 6.67. The molecule has 42 heavy (non-hydrogen) atoms. The van der Waals surface area contributed by atoms with Gasteiger partial charge in [-0.1, -0.05) is 50.1 Å². The van der Waals surface area contributed by atoms with E-state index in [1.807, 2.05) is 56.8 Å². The fourth-order valence-corrected chi connectivity index (χ4v) is 6.92. The summed E-state index contributed by atoms with van der Waals surface area (Å²) in [5, 5.41) is 14.9. The summed E-state index contributed by atoms with van der Waals surface area (Å²) in [6.45, 7) is 6.46. The number of aldehydes is 1. The number of thioether (sulfide) groups is 1. The van der Waals surface area contributed by atoms with Gasteiger partial charge in [0.05, 0.1) is 24.5 Å². The molecular formula is C31H47N5O5S. The number of carbonyl (C=O) groups is 5. The van der Waals surface area contributed by atoms with Gasteiger partial charge in [0.1, 0.15) is 12.3 Å². The van der Waals surface area contributed by atoms with Gasteiger partial charge in [-0.15, -0.1) is 0 Å². The zero-order valence-electron chi connectivity index (χ0n) is 25.1. The zero-order valence-corrected chi connectivity index (χ0v) is 25.9. The van der Waals surface area contributed by atoms with Crippen molar-refractivity contribution in [2.45, 2.75) is 108 Å². The van der Waals surface area contributed by atoms with Crippen molar-refractivity contribution in [1.82, 2.24) is 26.6 Å². The van der Waals surface area contributed by atoms with Gasteiger partial charge in [0, 0.05) is 24.0 Å². The van der Waals surface area contributed by atoms with Crippen LogP contribution in [-0.4, -0.2) is 71.8 Å². The molecule has 0 unspecified atom stereocenters. The standard InChI is InChI=1S/C31H47N5O5S/c1-20(2)16-24(34-28(39)17-22-13-11-21(3)12-14-22)30(40)33-23(18-37)8-6-7-15-32-27(38)10-5-4-9-26-29-25(19-42-26)35-31(41)36-29/h11-14,18,20,23-26,29H,4-10,15-17,19H2,1-3H3,(H,32,38)(H,33,40)(H,34,39)(H2,35,36,41)/t23-,24-,25-,26-,29-/m0/s1. The van der Waals surface area contributed by atoms with E-state index in [2.05, 4.69) is 26.6 Å². The molecule has 2 aliphatic rings. The molecule has 232 valence electrons. The molecule has 10 nitrogen and oxygen atoms in total.